The normalized spacial score (nSPS) is 21.9. The van der Waals surface area contributed by atoms with E-state index >= 15 is 0 Å². The molecule has 0 aromatic heterocycles. The lowest BCUT2D eigenvalue weighted by Crippen LogP contribution is -2.33. The van der Waals surface area contributed by atoms with Gasteiger partial charge in [-0.15, -0.1) is 0 Å². The van der Waals surface area contributed by atoms with Crippen LogP contribution < -0.4 is 10.6 Å². The molecule has 1 aromatic rings. The standard InChI is InChI=1S/C17H21BrN2O/c1-11-13-7-3-4-8-14(13)16(18)20-17(11)19-10-12-6-2-5-9-15(12)21/h3-4,7-8,16,19-21H,2,5-6,9-10H2,1H3/t16-/m1/s1. The van der Waals surface area contributed by atoms with Crippen molar-refractivity contribution in [3.05, 3.63) is 52.5 Å². The van der Waals surface area contributed by atoms with E-state index in [1.807, 2.05) is 0 Å². The van der Waals surface area contributed by atoms with Gasteiger partial charge in [-0.1, -0.05) is 40.2 Å². The number of rotatable bonds is 3. The first-order valence-electron chi connectivity index (χ1n) is 7.51. The van der Waals surface area contributed by atoms with Gasteiger partial charge >= 0.3 is 0 Å². The molecular weight excluding hydrogens is 328 g/mol. The van der Waals surface area contributed by atoms with Crippen LogP contribution in [0.5, 0.6) is 0 Å². The molecular formula is C17H21BrN2O. The summed E-state index contributed by atoms with van der Waals surface area (Å²) in [4.78, 5) is 0.119. The van der Waals surface area contributed by atoms with Gasteiger partial charge in [0.2, 0.25) is 0 Å². The Labute approximate surface area is 134 Å². The van der Waals surface area contributed by atoms with Crippen LogP contribution in [-0.4, -0.2) is 11.7 Å². The monoisotopic (exact) mass is 348 g/mol. The van der Waals surface area contributed by atoms with Crippen LogP contribution >= 0.6 is 15.9 Å². The van der Waals surface area contributed by atoms with Gasteiger partial charge in [0.25, 0.3) is 0 Å². The molecule has 3 N–H and O–H groups in total. The average Bonchev–Trinajstić information content (AvgIpc) is 2.51. The number of nitrogens with one attached hydrogen (secondary N) is 2. The van der Waals surface area contributed by atoms with E-state index in [1.165, 1.54) is 23.1 Å². The van der Waals surface area contributed by atoms with Crippen LogP contribution in [0.15, 0.2) is 41.4 Å². The largest absolute Gasteiger partial charge is 0.512 e. The van der Waals surface area contributed by atoms with Gasteiger partial charge < -0.3 is 15.7 Å². The van der Waals surface area contributed by atoms with Crippen molar-refractivity contribution in [1.29, 1.82) is 0 Å². The number of aliphatic hydroxyl groups is 1. The van der Waals surface area contributed by atoms with Gasteiger partial charge in [-0.25, -0.2) is 0 Å². The molecule has 4 heteroatoms. The fraction of sp³-hybridized carbons (Fsp3) is 0.412. The second-order valence-electron chi connectivity index (χ2n) is 5.71. The third-order valence-corrected chi connectivity index (χ3v) is 5.03. The van der Waals surface area contributed by atoms with Crippen molar-refractivity contribution in [3.63, 3.8) is 0 Å². The highest BCUT2D eigenvalue weighted by Gasteiger charge is 2.22. The Kier molecular flexibility index (Phi) is 4.24. The van der Waals surface area contributed by atoms with E-state index in [0.29, 0.717) is 12.3 Å². The zero-order valence-corrected chi connectivity index (χ0v) is 13.8. The van der Waals surface area contributed by atoms with Crippen molar-refractivity contribution < 1.29 is 5.11 Å². The van der Waals surface area contributed by atoms with E-state index in [2.05, 4.69) is 57.8 Å². The summed E-state index contributed by atoms with van der Waals surface area (Å²) in [6.07, 6.45) is 4.11. The van der Waals surface area contributed by atoms with Crippen LogP contribution in [-0.2, 0) is 0 Å². The minimum absolute atomic E-state index is 0.119. The molecule has 1 atom stereocenters. The SMILES string of the molecule is CC1=C(NCC2=C(O)CCCC2)N[C@@H](Br)c2ccccc21. The van der Waals surface area contributed by atoms with Crippen LogP contribution in [0.4, 0.5) is 0 Å². The summed E-state index contributed by atoms with van der Waals surface area (Å²) in [6.45, 7) is 2.84. The molecule has 0 amide bonds. The summed E-state index contributed by atoms with van der Waals surface area (Å²) in [5.74, 6) is 1.63. The molecule has 1 aliphatic carbocycles. The van der Waals surface area contributed by atoms with Gasteiger partial charge in [0.05, 0.1) is 5.76 Å². The van der Waals surface area contributed by atoms with Gasteiger partial charge in [0.15, 0.2) is 0 Å². The lowest BCUT2D eigenvalue weighted by Gasteiger charge is -2.29. The molecule has 0 spiro atoms. The van der Waals surface area contributed by atoms with E-state index in [1.54, 1.807) is 0 Å². The lowest BCUT2D eigenvalue weighted by atomic mass is 9.96. The van der Waals surface area contributed by atoms with Gasteiger partial charge in [-0.2, -0.15) is 0 Å². The second-order valence-corrected chi connectivity index (χ2v) is 6.62. The molecule has 3 rings (SSSR count). The minimum Gasteiger partial charge on any atom is -0.512 e. The first-order chi connectivity index (χ1) is 10.2. The van der Waals surface area contributed by atoms with Crippen molar-refractivity contribution in [2.75, 3.05) is 6.54 Å². The molecule has 21 heavy (non-hydrogen) atoms. The maximum absolute atomic E-state index is 9.97. The summed E-state index contributed by atoms with van der Waals surface area (Å²) in [5, 5.41) is 16.9. The zero-order chi connectivity index (χ0) is 14.8. The Morgan fingerprint density at radius 3 is 2.86 bits per heavy atom. The van der Waals surface area contributed by atoms with E-state index in [9.17, 15) is 5.11 Å². The topological polar surface area (TPSA) is 44.3 Å². The smallest absolute Gasteiger partial charge is 0.109 e. The number of hydrogen-bond acceptors (Lipinski definition) is 3. The molecule has 0 saturated heterocycles. The maximum Gasteiger partial charge on any atom is 0.109 e. The second kappa shape index (κ2) is 6.14. The summed E-state index contributed by atoms with van der Waals surface area (Å²) in [6, 6.07) is 8.42. The quantitative estimate of drug-likeness (QED) is 0.562. The highest BCUT2D eigenvalue weighted by atomic mass is 79.9. The molecule has 1 aromatic carbocycles. The highest BCUT2D eigenvalue weighted by Crippen LogP contribution is 2.34. The van der Waals surface area contributed by atoms with Crippen molar-refractivity contribution in [3.8, 4) is 0 Å². The number of halogens is 1. The Morgan fingerprint density at radius 1 is 1.29 bits per heavy atom. The van der Waals surface area contributed by atoms with E-state index in [-0.39, 0.29) is 4.95 Å². The zero-order valence-electron chi connectivity index (χ0n) is 12.2. The molecule has 0 unspecified atom stereocenters. The number of aliphatic hydroxyl groups excluding tert-OH is 1. The molecule has 1 aliphatic heterocycles. The number of alkyl halides is 1. The Morgan fingerprint density at radius 2 is 2.05 bits per heavy atom. The van der Waals surface area contributed by atoms with E-state index < -0.39 is 0 Å². The molecule has 2 aliphatic rings. The number of fused-ring (bicyclic) bond motifs is 1. The molecule has 0 radical (unpaired) electrons. The molecule has 0 bridgehead atoms. The summed E-state index contributed by atoms with van der Waals surface area (Å²) < 4.78 is 0. The average molecular weight is 349 g/mol. The summed E-state index contributed by atoms with van der Waals surface area (Å²) >= 11 is 3.69. The van der Waals surface area contributed by atoms with Gasteiger partial charge in [-0.3, -0.25) is 0 Å². The van der Waals surface area contributed by atoms with Gasteiger partial charge in [-0.05, 0) is 48.5 Å². The van der Waals surface area contributed by atoms with Crippen LogP contribution in [0.3, 0.4) is 0 Å². The van der Waals surface area contributed by atoms with E-state index in [0.717, 1.165) is 30.7 Å². The number of allylic oxidation sites excluding steroid dienone is 2. The number of benzene rings is 1. The Hall–Kier alpha value is -1.42. The fourth-order valence-corrected chi connectivity index (χ4v) is 3.66. The molecule has 1 heterocycles. The first-order valence-corrected chi connectivity index (χ1v) is 8.43. The van der Waals surface area contributed by atoms with Crippen molar-refractivity contribution in [2.24, 2.45) is 0 Å². The third kappa shape index (κ3) is 2.95. The maximum atomic E-state index is 9.97. The van der Waals surface area contributed by atoms with E-state index in [4.69, 9.17) is 0 Å². The van der Waals surface area contributed by atoms with Crippen molar-refractivity contribution in [1.82, 2.24) is 10.6 Å². The minimum atomic E-state index is 0.119. The molecule has 112 valence electrons. The third-order valence-electron chi connectivity index (χ3n) is 4.31. The lowest BCUT2D eigenvalue weighted by molar-refractivity contribution is 0.356. The first kappa shape index (κ1) is 14.5. The Bertz CT molecular complexity index is 607. The van der Waals surface area contributed by atoms with Gasteiger partial charge in [0, 0.05) is 13.0 Å². The predicted octanol–water partition coefficient (Wildman–Crippen LogP) is 4.35. The predicted molar refractivity (Wildman–Crippen MR) is 90.0 cm³/mol. The summed E-state index contributed by atoms with van der Waals surface area (Å²) in [5.41, 5.74) is 4.90. The van der Waals surface area contributed by atoms with Gasteiger partial charge in [0.1, 0.15) is 10.8 Å². The Balaban J connectivity index is 1.80. The van der Waals surface area contributed by atoms with Crippen LogP contribution in [0, 0.1) is 0 Å². The fourth-order valence-electron chi connectivity index (χ4n) is 3.03. The van der Waals surface area contributed by atoms with Crippen LogP contribution in [0.1, 0.15) is 48.7 Å². The van der Waals surface area contributed by atoms with Crippen LogP contribution in [0.2, 0.25) is 0 Å². The van der Waals surface area contributed by atoms with Crippen LogP contribution in [0.25, 0.3) is 5.57 Å². The molecule has 0 saturated carbocycles. The summed E-state index contributed by atoms with van der Waals surface area (Å²) in [7, 11) is 0. The van der Waals surface area contributed by atoms with Crippen molar-refractivity contribution >= 4 is 21.5 Å². The molecule has 0 fully saturated rings. The highest BCUT2D eigenvalue weighted by molar-refractivity contribution is 9.09. The molecule has 3 nitrogen and oxygen atoms in total. The number of hydrogen-bond donors (Lipinski definition) is 3. The van der Waals surface area contributed by atoms with Crippen molar-refractivity contribution in [2.45, 2.75) is 37.6 Å².